The molecular formula is C22H28FN3O5S2. The predicted octanol–water partition coefficient (Wildman–Crippen LogP) is 2.90. The number of rotatable bonds is 8. The van der Waals surface area contributed by atoms with Crippen molar-refractivity contribution in [2.24, 2.45) is 5.92 Å². The van der Waals surface area contributed by atoms with E-state index in [2.05, 4.69) is 5.32 Å². The number of benzene rings is 2. The van der Waals surface area contributed by atoms with Crippen LogP contribution in [0.2, 0.25) is 0 Å². The summed E-state index contributed by atoms with van der Waals surface area (Å²) in [6.45, 7) is 4.37. The average molecular weight is 498 g/mol. The molecule has 2 aromatic rings. The molecular weight excluding hydrogens is 469 g/mol. The van der Waals surface area contributed by atoms with Crippen molar-refractivity contribution >= 4 is 31.6 Å². The van der Waals surface area contributed by atoms with Crippen molar-refractivity contribution in [2.75, 3.05) is 31.5 Å². The molecule has 0 aliphatic carbocycles. The van der Waals surface area contributed by atoms with Crippen LogP contribution in [0.1, 0.15) is 26.7 Å². The number of carbonyl (C=O) groups excluding carboxylic acids is 1. The van der Waals surface area contributed by atoms with Gasteiger partial charge in [0.05, 0.1) is 15.7 Å². The molecule has 2 aromatic carbocycles. The molecule has 0 spiro atoms. The van der Waals surface area contributed by atoms with E-state index in [4.69, 9.17) is 0 Å². The Labute approximate surface area is 194 Å². The van der Waals surface area contributed by atoms with Gasteiger partial charge in [-0.1, -0.05) is 13.8 Å². The number of nitrogens with one attached hydrogen (secondary N) is 1. The first kappa shape index (κ1) is 25.3. The molecule has 1 aliphatic rings. The molecule has 1 fully saturated rings. The maximum Gasteiger partial charge on any atom is 0.243 e. The second-order valence-electron chi connectivity index (χ2n) is 7.76. The van der Waals surface area contributed by atoms with Crippen LogP contribution in [0.3, 0.4) is 0 Å². The Hall–Kier alpha value is -2.34. The molecule has 1 aliphatic heterocycles. The predicted molar refractivity (Wildman–Crippen MR) is 123 cm³/mol. The average Bonchev–Trinajstić information content (AvgIpc) is 2.81. The summed E-state index contributed by atoms with van der Waals surface area (Å²) in [7, 11) is -7.60. The summed E-state index contributed by atoms with van der Waals surface area (Å²) in [5, 5.41) is 2.70. The summed E-state index contributed by atoms with van der Waals surface area (Å²) in [4.78, 5) is 12.6. The number of hydrogen-bond acceptors (Lipinski definition) is 5. The highest BCUT2D eigenvalue weighted by atomic mass is 32.2. The van der Waals surface area contributed by atoms with Crippen LogP contribution in [-0.4, -0.2) is 57.5 Å². The largest absolute Gasteiger partial charge is 0.326 e. The van der Waals surface area contributed by atoms with Crippen molar-refractivity contribution < 1.29 is 26.0 Å². The molecule has 11 heteroatoms. The van der Waals surface area contributed by atoms with E-state index in [9.17, 15) is 26.0 Å². The quantitative estimate of drug-likeness (QED) is 0.604. The van der Waals surface area contributed by atoms with Gasteiger partial charge < -0.3 is 5.32 Å². The van der Waals surface area contributed by atoms with Crippen molar-refractivity contribution in [1.82, 2.24) is 8.61 Å². The van der Waals surface area contributed by atoms with E-state index in [1.54, 1.807) is 13.8 Å². The lowest BCUT2D eigenvalue weighted by atomic mass is 9.99. The van der Waals surface area contributed by atoms with Crippen molar-refractivity contribution in [3.8, 4) is 0 Å². The van der Waals surface area contributed by atoms with E-state index in [0.717, 1.165) is 0 Å². The third-order valence-corrected chi connectivity index (χ3v) is 9.61. The molecule has 1 amide bonds. The van der Waals surface area contributed by atoms with Gasteiger partial charge >= 0.3 is 0 Å². The minimum atomic E-state index is -3.91. The normalized spacial score (nSPS) is 17.8. The monoisotopic (exact) mass is 497 g/mol. The van der Waals surface area contributed by atoms with Gasteiger partial charge in [0.25, 0.3) is 0 Å². The fourth-order valence-electron chi connectivity index (χ4n) is 3.80. The SMILES string of the molecule is CCN(CC)S(=O)(=O)c1ccc(S(=O)(=O)N2CCC[C@@H](C(=O)Nc3ccc(F)cc3)C2)cc1. The van der Waals surface area contributed by atoms with Gasteiger partial charge in [-0.3, -0.25) is 4.79 Å². The standard InChI is InChI=1S/C22H28FN3O5S2/c1-3-25(4-2)32(28,29)20-11-13-21(14-12-20)33(30,31)26-15-5-6-17(16-26)22(27)24-19-9-7-18(23)8-10-19/h7-14,17H,3-6,15-16H2,1-2H3,(H,24,27)/t17-/m1/s1. The number of nitrogens with zero attached hydrogens (tertiary/aromatic N) is 2. The topological polar surface area (TPSA) is 104 Å². The maximum absolute atomic E-state index is 13.2. The van der Waals surface area contributed by atoms with Crippen LogP contribution in [0.15, 0.2) is 58.3 Å². The molecule has 8 nitrogen and oxygen atoms in total. The molecule has 1 atom stereocenters. The summed E-state index contributed by atoms with van der Waals surface area (Å²) in [6.07, 6.45) is 1.04. The first-order valence-electron chi connectivity index (χ1n) is 10.8. The lowest BCUT2D eigenvalue weighted by Crippen LogP contribution is -2.43. The van der Waals surface area contributed by atoms with Crippen LogP contribution >= 0.6 is 0 Å². The van der Waals surface area contributed by atoms with E-state index in [1.165, 1.54) is 57.1 Å². The fraction of sp³-hybridized carbons (Fsp3) is 0.409. The lowest BCUT2D eigenvalue weighted by molar-refractivity contribution is -0.120. The van der Waals surface area contributed by atoms with Gasteiger partial charge in [-0.25, -0.2) is 21.2 Å². The zero-order chi connectivity index (χ0) is 24.2. The second kappa shape index (κ2) is 10.3. The Morgan fingerprint density at radius 2 is 1.58 bits per heavy atom. The smallest absolute Gasteiger partial charge is 0.243 e. The van der Waals surface area contributed by atoms with E-state index >= 15 is 0 Å². The van der Waals surface area contributed by atoms with Crippen LogP contribution in [-0.2, 0) is 24.8 Å². The Kier molecular flexibility index (Phi) is 7.88. The molecule has 180 valence electrons. The lowest BCUT2D eigenvalue weighted by Gasteiger charge is -2.31. The number of halogens is 1. The number of piperidine rings is 1. The molecule has 0 radical (unpaired) electrons. The zero-order valence-electron chi connectivity index (χ0n) is 18.6. The van der Waals surface area contributed by atoms with E-state index in [0.29, 0.717) is 31.6 Å². The van der Waals surface area contributed by atoms with Gasteiger partial charge in [0.15, 0.2) is 0 Å². The molecule has 0 bridgehead atoms. The third kappa shape index (κ3) is 5.60. The second-order valence-corrected chi connectivity index (χ2v) is 11.6. The minimum absolute atomic E-state index is 0.00879. The molecule has 3 rings (SSSR count). The number of hydrogen-bond donors (Lipinski definition) is 1. The highest BCUT2D eigenvalue weighted by molar-refractivity contribution is 7.89. The first-order valence-corrected chi connectivity index (χ1v) is 13.6. The van der Waals surface area contributed by atoms with Gasteiger partial charge in [0.1, 0.15) is 5.82 Å². The molecule has 0 saturated carbocycles. The highest BCUT2D eigenvalue weighted by Gasteiger charge is 2.33. The maximum atomic E-state index is 13.2. The van der Waals surface area contributed by atoms with Crippen LogP contribution in [0.25, 0.3) is 0 Å². The summed E-state index contributed by atoms with van der Waals surface area (Å²) < 4.78 is 67.2. The summed E-state index contributed by atoms with van der Waals surface area (Å²) in [5.74, 6) is -1.30. The third-order valence-electron chi connectivity index (χ3n) is 5.67. The molecule has 1 heterocycles. The number of sulfonamides is 2. The number of carbonyl (C=O) groups is 1. The molecule has 0 aromatic heterocycles. The Bertz CT molecular complexity index is 1180. The molecule has 1 N–H and O–H groups in total. The van der Waals surface area contributed by atoms with Gasteiger partial charge in [0.2, 0.25) is 26.0 Å². The molecule has 1 saturated heterocycles. The highest BCUT2D eigenvalue weighted by Crippen LogP contribution is 2.26. The zero-order valence-corrected chi connectivity index (χ0v) is 20.2. The van der Waals surface area contributed by atoms with Crippen LogP contribution in [0.5, 0.6) is 0 Å². The Balaban J connectivity index is 1.74. The summed E-state index contributed by atoms with van der Waals surface area (Å²) in [6, 6.07) is 10.5. The van der Waals surface area contributed by atoms with Crippen molar-refractivity contribution in [3.63, 3.8) is 0 Å². The fourth-order valence-corrected chi connectivity index (χ4v) is 6.78. The van der Waals surface area contributed by atoms with Crippen LogP contribution in [0, 0.1) is 11.7 Å². The molecule has 0 unspecified atom stereocenters. The van der Waals surface area contributed by atoms with Gasteiger partial charge in [-0.2, -0.15) is 8.61 Å². The summed E-state index contributed by atoms with van der Waals surface area (Å²) >= 11 is 0. The molecule has 33 heavy (non-hydrogen) atoms. The van der Waals surface area contributed by atoms with E-state index in [1.807, 2.05) is 0 Å². The van der Waals surface area contributed by atoms with Gasteiger partial charge in [-0.15, -0.1) is 0 Å². The van der Waals surface area contributed by atoms with Crippen molar-refractivity contribution in [2.45, 2.75) is 36.5 Å². The number of amides is 1. The van der Waals surface area contributed by atoms with E-state index < -0.39 is 31.8 Å². The Morgan fingerprint density at radius 3 is 2.15 bits per heavy atom. The Morgan fingerprint density at radius 1 is 1.00 bits per heavy atom. The first-order chi connectivity index (χ1) is 15.6. The number of anilines is 1. The minimum Gasteiger partial charge on any atom is -0.326 e. The summed E-state index contributed by atoms with van der Waals surface area (Å²) in [5.41, 5.74) is 0.436. The van der Waals surface area contributed by atoms with Gasteiger partial charge in [0, 0.05) is 31.9 Å². The van der Waals surface area contributed by atoms with Crippen LogP contribution in [0.4, 0.5) is 10.1 Å². The van der Waals surface area contributed by atoms with Crippen molar-refractivity contribution in [1.29, 1.82) is 0 Å². The van der Waals surface area contributed by atoms with Gasteiger partial charge in [-0.05, 0) is 61.4 Å². The van der Waals surface area contributed by atoms with E-state index in [-0.39, 0.29) is 28.8 Å². The van der Waals surface area contributed by atoms with Crippen molar-refractivity contribution in [3.05, 3.63) is 54.3 Å². The van der Waals surface area contributed by atoms with Crippen LogP contribution < -0.4 is 5.32 Å².